The number of carbonyl (C=O) groups excluding carboxylic acids is 3. The number of carbonyl (C=O) groups is 3. The molecular formula is C18H16F3N3O3. The summed E-state index contributed by atoms with van der Waals surface area (Å²) in [6.45, 7) is -0.328. The molecule has 2 rings (SSSR count). The molecular weight excluding hydrogens is 363 g/mol. The molecule has 6 nitrogen and oxygen atoms in total. The van der Waals surface area contributed by atoms with E-state index in [1.54, 1.807) is 0 Å². The molecule has 9 heteroatoms. The maximum Gasteiger partial charge on any atom is 0.416 e. The summed E-state index contributed by atoms with van der Waals surface area (Å²) in [5.41, 5.74) is 4.80. The van der Waals surface area contributed by atoms with Gasteiger partial charge in [-0.1, -0.05) is 24.3 Å². The summed E-state index contributed by atoms with van der Waals surface area (Å²) >= 11 is 0. The topological polar surface area (TPSA) is 101 Å². The second-order valence-corrected chi connectivity index (χ2v) is 5.65. The van der Waals surface area contributed by atoms with Crippen LogP contribution in [0.15, 0.2) is 48.5 Å². The Morgan fingerprint density at radius 1 is 1.00 bits per heavy atom. The van der Waals surface area contributed by atoms with E-state index >= 15 is 0 Å². The van der Waals surface area contributed by atoms with E-state index in [0.29, 0.717) is 5.69 Å². The Labute approximate surface area is 152 Å². The third-order valence-electron chi connectivity index (χ3n) is 3.45. The number of hydrogen-bond acceptors (Lipinski definition) is 3. The van der Waals surface area contributed by atoms with Crippen molar-refractivity contribution < 1.29 is 27.6 Å². The molecule has 2 aromatic rings. The summed E-state index contributed by atoms with van der Waals surface area (Å²) < 4.78 is 38.2. The van der Waals surface area contributed by atoms with Crippen molar-refractivity contribution in [2.45, 2.75) is 12.6 Å². The van der Waals surface area contributed by atoms with Crippen LogP contribution in [0.25, 0.3) is 0 Å². The average Bonchev–Trinajstić information content (AvgIpc) is 2.59. The fraction of sp³-hybridized carbons (Fsp3) is 0.167. The van der Waals surface area contributed by atoms with E-state index in [1.165, 1.54) is 36.4 Å². The first-order valence-corrected chi connectivity index (χ1v) is 7.77. The number of anilines is 1. The van der Waals surface area contributed by atoms with Crippen molar-refractivity contribution in [1.82, 2.24) is 5.32 Å². The number of primary amides is 1. The van der Waals surface area contributed by atoms with Crippen LogP contribution in [0.2, 0.25) is 0 Å². The molecule has 3 amide bonds. The van der Waals surface area contributed by atoms with Crippen molar-refractivity contribution in [2.24, 2.45) is 5.73 Å². The molecule has 0 unspecified atom stereocenters. The minimum Gasteiger partial charge on any atom is -0.368 e. The van der Waals surface area contributed by atoms with E-state index in [4.69, 9.17) is 5.73 Å². The predicted octanol–water partition coefficient (Wildman–Crippen LogP) is 2.10. The fourth-order valence-corrected chi connectivity index (χ4v) is 2.26. The number of amides is 3. The molecule has 27 heavy (non-hydrogen) atoms. The van der Waals surface area contributed by atoms with E-state index in [1.807, 2.05) is 0 Å². The zero-order valence-corrected chi connectivity index (χ0v) is 14.0. The van der Waals surface area contributed by atoms with Crippen LogP contribution < -0.4 is 16.4 Å². The summed E-state index contributed by atoms with van der Waals surface area (Å²) in [6, 6.07) is 10.4. The predicted molar refractivity (Wildman–Crippen MR) is 91.7 cm³/mol. The third kappa shape index (κ3) is 6.14. The maximum atomic E-state index is 12.7. The monoisotopic (exact) mass is 379 g/mol. The highest BCUT2D eigenvalue weighted by Crippen LogP contribution is 2.29. The molecule has 0 aliphatic rings. The minimum absolute atomic E-state index is 0.188. The van der Waals surface area contributed by atoms with Gasteiger partial charge < -0.3 is 16.4 Å². The number of rotatable bonds is 6. The molecule has 0 aliphatic heterocycles. The van der Waals surface area contributed by atoms with E-state index in [2.05, 4.69) is 10.6 Å². The lowest BCUT2D eigenvalue weighted by Gasteiger charge is -2.10. The standard InChI is InChI=1S/C18H16F3N3O3/c19-18(20,21)13-5-1-3-11(7-13)8-16(26)24-14-6-2-4-12(9-14)17(27)23-10-15(22)25/h1-7,9H,8,10H2,(H2,22,25)(H,23,27)(H,24,26). The van der Waals surface area contributed by atoms with Crippen LogP contribution in [0, 0.1) is 0 Å². The number of alkyl halides is 3. The van der Waals surface area contributed by atoms with Crippen LogP contribution >= 0.6 is 0 Å². The lowest BCUT2D eigenvalue weighted by Crippen LogP contribution is -2.33. The summed E-state index contributed by atoms with van der Waals surface area (Å²) in [5.74, 6) is -1.79. The van der Waals surface area contributed by atoms with E-state index in [0.717, 1.165) is 12.1 Å². The Morgan fingerprint density at radius 3 is 2.37 bits per heavy atom. The smallest absolute Gasteiger partial charge is 0.368 e. The van der Waals surface area contributed by atoms with Gasteiger partial charge in [-0.3, -0.25) is 14.4 Å². The van der Waals surface area contributed by atoms with Gasteiger partial charge in [0, 0.05) is 11.3 Å². The second-order valence-electron chi connectivity index (χ2n) is 5.65. The van der Waals surface area contributed by atoms with Gasteiger partial charge in [-0.2, -0.15) is 13.2 Å². The Balaban J connectivity index is 2.03. The van der Waals surface area contributed by atoms with Gasteiger partial charge in [0.1, 0.15) is 0 Å². The Hall–Kier alpha value is -3.36. The van der Waals surface area contributed by atoms with Gasteiger partial charge in [0.25, 0.3) is 5.91 Å². The molecule has 0 radical (unpaired) electrons. The maximum absolute atomic E-state index is 12.7. The SMILES string of the molecule is NC(=O)CNC(=O)c1cccc(NC(=O)Cc2cccc(C(F)(F)F)c2)c1. The Kier molecular flexibility index (Phi) is 6.17. The van der Waals surface area contributed by atoms with Crippen LogP contribution in [-0.4, -0.2) is 24.3 Å². The zero-order valence-electron chi connectivity index (χ0n) is 14.0. The first-order chi connectivity index (χ1) is 12.6. The van der Waals surface area contributed by atoms with Crippen LogP contribution in [0.3, 0.4) is 0 Å². The summed E-state index contributed by atoms with van der Waals surface area (Å²) in [4.78, 5) is 34.6. The second kappa shape index (κ2) is 8.35. The lowest BCUT2D eigenvalue weighted by atomic mass is 10.1. The largest absolute Gasteiger partial charge is 0.416 e. The van der Waals surface area contributed by atoms with Crippen LogP contribution in [-0.2, 0) is 22.2 Å². The highest BCUT2D eigenvalue weighted by Gasteiger charge is 2.30. The summed E-state index contributed by atoms with van der Waals surface area (Å²) in [6.07, 6.45) is -4.75. The van der Waals surface area contributed by atoms with E-state index in [9.17, 15) is 27.6 Å². The Morgan fingerprint density at radius 2 is 1.70 bits per heavy atom. The number of nitrogens with two attached hydrogens (primary N) is 1. The van der Waals surface area contributed by atoms with Crippen LogP contribution in [0.1, 0.15) is 21.5 Å². The van der Waals surface area contributed by atoms with E-state index in [-0.39, 0.29) is 24.1 Å². The molecule has 0 heterocycles. The first-order valence-electron chi connectivity index (χ1n) is 7.77. The number of benzene rings is 2. The molecule has 0 saturated heterocycles. The zero-order chi connectivity index (χ0) is 20.0. The minimum atomic E-state index is -4.49. The number of hydrogen-bond donors (Lipinski definition) is 3. The lowest BCUT2D eigenvalue weighted by molar-refractivity contribution is -0.137. The van der Waals surface area contributed by atoms with Crippen molar-refractivity contribution in [3.05, 3.63) is 65.2 Å². The highest BCUT2D eigenvalue weighted by molar-refractivity contribution is 5.98. The molecule has 142 valence electrons. The van der Waals surface area contributed by atoms with Crippen molar-refractivity contribution in [3.8, 4) is 0 Å². The molecule has 0 saturated carbocycles. The van der Waals surface area contributed by atoms with Crippen molar-refractivity contribution in [1.29, 1.82) is 0 Å². The molecule has 0 aromatic heterocycles. The first kappa shape index (κ1) is 20.0. The molecule has 0 spiro atoms. The van der Waals surface area contributed by atoms with Gasteiger partial charge in [0.15, 0.2) is 0 Å². The average molecular weight is 379 g/mol. The van der Waals surface area contributed by atoms with Gasteiger partial charge in [-0.15, -0.1) is 0 Å². The molecule has 4 N–H and O–H groups in total. The molecule has 0 atom stereocenters. The molecule has 0 fully saturated rings. The fourth-order valence-electron chi connectivity index (χ4n) is 2.26. The highest BCUT2D eigenvalue weighted by atomic mass is 19.4. The van der Waals surface area contributed by atoms with Crippen LogP contribution in [0.5, 0.6) is 0 Å². The van der Waals surface area contributed by atoms with Gasteiger partial charge >= 0.3 is 6.18 Å². The van der Waals surface area contributed by atoms with Crippen molar-refractivity contribution in [2.75, 3.05) is 11.9 Å². The molecule has 0 bridgehead atoms. The van der Waals surface area contributed by atoms with Gasteiger partial charge in [0.05, 0.1) is 18.5 Å². The summed E-state index contributed by atoms with van der Waals surface area (Å²) in [5, 5.41) is 4.82. The van der Waals surface area contributed by atoms with Crippen molar-refractivity contribution in [3.63, 3.8) is 0 Å². The van der Waals surface area contributed by atoms with Gasteiger partial charge in [-0.05, 0) is 29.8 Å². The van der Waals surface area contributed by atoms with Crippen LogP contribution in [0.4, 0.5) is 18.9 Å². The van der Waals surface area contributed by atoms with E-state index < -0.39 is 29.5 Å². The molecule has 0 aliphatic carbocycles. The number of nitrogens with one attached hydrogen (secondary N) is 2. The number of halogens is 3. The summed E-state index contributed by atoms with van der Waals surface area (Å²) in [7, 11) is 0. The third-order valence-corrected chi connectivity index (χ3v) is 3.45. The van der Waals surface area contributed by atoms with Gasteiger partial charge in [-0.25, -0.2) is 0 Å². The molecule has 2 aromatic carbocycles. The normalized spacial score (nSPS) is 10.9. The van der Waals surface area contributed by atoms with Crippen molar-refractivity contribution >= 4 is 23.4 Å². The Bertz CT molecular complexity index is 866. The van der Waals surface area contributed by atoms with Gasteiger partial charge in [0.2, 0.25) is 11.8 Å². The quantitative estimate of drug-likeness (QED) is 0.716.